The van der Waals surface area contributed by atoms with Crippen molar-refractivity contribution in [2.24, 2.45) is 11.0 Å². The van der Waals surface area contributed by atoms with Crippen LogP contribution in [-0.2, 0) is 14.3 Å². The molecule has 0 bridgehead atoms. The van der Waals surface area contributed by atoms with E-state index in [1.165, 1.54) is 0 Å². The topological polar surface area (TPSA) is 96.9 Å². The zero-order valence-corrected chi connectivity index (χ0v) is 14.4. The van der Waals surface area contributed by atoms with Gasteiger partial charge in [0.1, 0.15) is 0 Å². The number of ether oxygens (including phenoxy) is 1. The highest BCUT2D eigenvalue weighted by atomic mass is 16.5. The molecule has 2 amide bonds. The van der Waals surface area contributed by atoms with Gasteiger partial charge in [0, 0.05) is 23.4 Å². The van der Waals surface area contributed by atoms with Gasteiger partial charge in [-0.2, -0.15) is 5.10 Å². The highest BCUT2D eigenvalue weighted by Gasteiger charge is 2.17. The van der Waals surface area contributed by atoms with Crippen LogP contribution in [0.1, 0.15) is 44.5 Å². The first-order chi connectivity index (χ1) is 11.4. The largest absolute Gasteiger partial charge is 0.465 e. The first kappa shape index (κ1) is 19.3. The number of benzene rings is 1. The van der Waals surface area contributed by atoms with Crippen molar-refractivity contribution in [2.45, 2.75) is 34.1 Å². The lowest BCUT2D eigenvalue weighted by Crippen LogP contribution is -2.25. The minimum Gasteiger partial charge on any atom is -0.465 e. The molecule has 0 radical (unpaired) electrons. The van der Waals surface area contributed by atoms with E-state index in [1.54, 1.807) is 52.0 Å². The summed E-state index contributed by atoms with van der Waals surface area (Å²) in [5.74, 6) is -1.42. The van der Waals surface area contributed by atoms with Crippen molar-refractivity contribution in [1.29, 1.82) is 0 Å². The molecule has 0 heterocycles. The smallest absolute Gasteiger partial charge is 0.314 e. The molecular weight excluding hydrogens is 310 g/mol. The number of nitrogens with zero attached hydrogens (tertiary/aromatic N) is 1. The van der Waals surface area contributed by atoms with E-state index in [0.717, 1.165) is 0 Å². The fourth-order valence-corrected chi connectivity index (χ4v) is 1.69. The molecule has 24 heavy (non-hydrogen) atoms. The average Bonchev–Trinajstić information content (AvgIpc) is 2.59. The molecule has 0 aliphatic carbocycles. The van der Waals surface area contributed by atoms with E-state index in [4.69, 9.17) is 4.74 Å². The van der Waals surface area contributed by atoms with Gasteiger partial charge in [-0.3, -0.25) is 14.4 Å². The van der Waals surface area contributed by atoms with Gasteiger partial charge in [-0.25, -0.2) is 5.43 Å². The molecule has 7 nitrogen and oxygen atoms in total. The molecule has 0 aliphatic heterocycles. The maximum atomic E-state index is 12.0. The van der Waals surface area contributed by atoms with Gasteiger partial charge in [0.15, 0.2) is 0 Å². The molecule has 0 aromatic heterocycles. The average molecular weight is 333 g/mol. The minimum atomic E-state index is -0.531. The minimum absolute atomic E-state index is 0.0969. The first-order valence-electron chi connectivity index (χ1n) is 7.80. The second kappa shape index (κ2) is 9.44. The van der Waals surface area contributed by atoms with Crippen molar-refractivity contribution in [3.8, 4) is 0 Å². The molecule has 0 saturated heterocycles. The van der Waals surface area contributed by atoms with Gasteiger partial charge in [0.25, 0.3) is 5.91 Å². The van der Waals surface area contributed by atoms with Crippen molar-refractivity contribution < 1.29 is 19.1 Å². The number of hydrogen-bond acceptors (Lipinski definition) is 5. The second-order valence-corrected chi connectivity index (χ2v) is 5.15. The third-order valence-corrected chi connectivity index (χ3v) is 3.35. The number of hydrazone groups is 1. The van der Waals surface area contributed by atoms with Gasteiger partial charge in [-0.05, 0) is 45.0 Å². The summed E-state index contributed by atoms with van der Waals surface area (Å²) in [4.78, 5) is 34.9. The Morgan fingerprint density at radius 1 is 1.17 bits per heavy atom. The number of carbonyl (C=O) groups is 3. The third kappa shape index (κ3) is 5.83. The fraction of sp³-hybridized carbons (Fsp3) is 0.412. The van der Waals surface area contributed by atoms with Crippen LogP contribution in [0.3, 0.4) is 0 Å². The van der Waals surface area contributed by atoms with Crippen LogP contribution < -0.4 is 10.7 Å². The molecule has 0 saturated carbocycles. The van der Waals surface area contributed by atoms with E-state index >= 15 is 0 Å². The van der Waals surface area contributed by atoms with Crippen LogP contribution in [-0.4, -0.2) is 30.1 Å². The summed E-state index contributed by atoms with van der Waals surface area (Å²) in [5.41, 5.74) is 3.87. The van der Waals surface area contributed by atoms with Gasteiger partial charge in [0.05, 0.1) is 12.5 Å². The summed E-state index contributed by atoms with van der Waals surface area (Å²) in [7, 11) is 0. The number of anilines is 1. The molecule has 0 aliphatic rings. The van der Waals surface area contributed by atoms with Gasteiger partial charge >= 0.3 is 5.97 Å². The number of esters is 1. The van der Waals surface area contributed by atoms with E-state index in [2.05, 4.69) is 15.8 Å². The molecule has 1 aromatic carbocycles. The molecule has 1 rings (SSSR count). The van der Waals surface area contributed by atoms with E-state index < -0.39 is 11.8 Å². The van der Waals surface area contributed by atoms with E-state index in [0.29, 0.717) is 30.0 Å². The van der Waals surface area contributed by atoms with E-state index in [-0.39, 0.29) is 11.9 Å². The monoisotopic (exact) mass is 333 g/mol. The Labute approximate surface area is 141 Å². The van der Waals surface area contributed by atoms with Crippen LogP contribution in [0.4, 0.5) is 5.69 Å². The molecular formula is C17H23N3O4. The lowest BCUT2D eigenvalue weighted by atomic mass is 10.1. The van der Waals surface area contributed by atoms with Crippen molar-refractivity contribution in [2.75, 3.05) is 11.9 Å². The molecule has 1 atom stereocenters. The van der Waals surface area contributed by atoms with Crippen LogP contribution in [0.25, 0.3) is 0 Å². The Kier molecular flexibility index (Phi) is 7.61. The zero-order chi connectivity index (χ0) is 18.1. The third-order valence-electron chi connectivity index (χ3n) is 3.35. The maximum absolute atomic E-state index is 12.0. The van der Waals surface area contributed by atoms with Crippen molar-refractivity contribution >= 4 is 29.2 Å². The SMILES string of the molecule is CCOC(=O)[C@H](C)/C(C)=N\NC(=O)c1ccc(NC(=O)CC)cc1. The van der Waals surface area contributed by atoms with Crippen molar-refractivity contribution in [1.82, 2.24) is 5.43 Å². The Morgan fingerprint density at radius 3 is 2.33 bits per heavy atom. The molecule has 0 unspecified atom stereocenters. The quantitative estimate of drug-likeness (QED) is 0.455. The summed E-state index contributed by atoms with van der Waals surface area (Å²) in [6.45, 7) is 7.09. The number of nitrogens with one attached hydrogen (secondary N) is 2. The predicted molar refractivity (Wildman–Crippen MR) is 91.7 cm³/mol. The molecule has 0 spiro atoms. The lowest BCUT2D eigenvalue weighted by Gasteiger charge is -2.10. The Morgan fingerprint density at radius 2 is 1.79 bits per heavy atom. The highest BCUT2D eigenvalue weighted by molar-refractivity contribution is 6.02. The summed E-state index contributed by atoms with van der Waals surface area (Å²) in [6, 6.07) is 6.45. The molecule has 7 heteroatoms. The normalized spacial score (nSPS) is 12.2. The predicted octanol–water partition coefficient (Wildman–Crippen LogP) is 2.34. The van der Waals surface area contributed by atoms with Crippen LogP contribution in [0.5, 0.6) is 0 Å². The number of hydrogen-bond donors (Lipinski definition) is 2. The number of rotatable bonds is 7. The van der Waals surface area contributed by atoms with Crippen molar-refractivity contribution in [3.05, 3.63) is 29.8 Å². The molecule has 0 fully saturated rings. The Hall–Kier alpha value is -2.70. The zero-order valence-electron chi connectivity index (χ0n) is 14.4. The second-order valence-electron chi connectivity index (χ2n) is 5.15. The summed E-state index contributed by atoms with van der Waals surface area (Å²) >= 11 is 0. The summed E-state index contributed by atoms with van der Waals surface area (Å²) < 4.78 is 4.90. The number of amides is 2. The molecule has 2 N–H and O–H groups in total. The number of carbonyl (C=O) groups excluding carboxylic acids is 3. The van der Waals surface area contributed by atoms with E-state index in [9.17, 15) is 14.4 Å². The van der Waals surface area contributed by atoms with Gasteiger partial charge in [0.2, 0.25) is 5.91 Å². The maximum Gasteiger partial charge on any atom is 0.314 e. The Balaban J connectivity index is 2.66. The summed E-state index contributed by atoms with van der Waals surface area (Å²) in [5, 5.41) is 6.63. The van der Waals surface area contributed by atoms with Gasteiger partial charge in [-0.1, -0.05) is 6.92 Å². The first-order valence-corrected chi connectivity index (χ1v) is 7.80. The summed E-state index contributed by atoms with van der Waals surface area (Å²) in [6.07, 6.45) is 0.384. The van der Waals surface area contributed by atoms with Crippen molar-refractivity contribution in [3.63, 3.8) is 0 Å². The van der Waals surface area contributed by atoms with Crippen LogP contribution in [0.15, 0.2) is 29.4 Å². The lowest BCUT2D eigenvalue weighted by molar-refractivity contribution is -0.145. The Bertz CT molecular complexity index is 623. The standard InChI is InChI=1S/C17H23N3O4/c1-5-15(21)18-14-9-7-13(8-10-14)16(22)20-19-12(4)11(3)17(23)24-6-2/h7-11H,5-6H2,1-4H3,(H,18,21)(H,20,22)/b19-12-/t11-/m1/s1. The van der Waals surface area contributed by atoms with Gasteiger partial charge < -0.3 is 10.1 Å². The van der Waals surface area contributed by atoms with Gasteiger partial charge in [-0.15, -0.1) is 0 Å². The molecule has 1 aromatic rings. The van der Waals surface area contributed by atoms with Crippen LogP contribution in [0, 0.1) is 5.92 Å². The fourth-order valence-electron chi connectivity index (χ4n) is 1.69. The van der Waals surface area contributed by atoms with E-state index in [1.807, 2.05) is 0 Å². The highest BCUT2D eigenvalue weighted by Crippen LogP contribution is 2.10. The van der Waals surface area contributed by atoms with Crippen LogP contribution >= 0.6 is 0 Å². The molecule has 130 valence electrons. The van der Waals surface area contributed by atoms with Crippen LogP contribution in [0.2, 0.25) is 0 Å².